The van der Waals surface area contributed by atoms with Crippen molar-refractivity contribution in [2.24, 2.45) is 0 Å². The Bertz CT molecular complexity index is 333. The minimum Gasteiger partial charge on any atom is -0.395 e. The Hall–Kier alpha value is -0.870. The van der Waals surface area contributed by atoms with E-state index in [4.69, 9.17) is 0 Å². The summed E-state index contributed by atoms with van der Waals surface area (Å²) < 4.78 is 2.02. The Morgan fingerprint density at radius 2 is 2.06 bits per heavy atom. The van der Waals surface area contributed by atoms with Crippen LogP contribution in [0.5, 0.6) is 0 Å². The van der Waals surface area contributed by atoms with Crippen LogP contribution in [-0.4, -0.2) is 33.6 Å². The zero-order chi connectivity index (χ0) is 12.8. The number of aryl methyl sites for hydroxylation is 2. The maximum Gasteiger partial charge on any atom is 0.0624 e. The zero-order valence-electron chi connectivity index (χ0n) is 11.4. The minimum atomic E-state index is 0.0740. The Kier molecular flexibility index (Phi) is 5.65. The lowest BCUT2D eigenvalue weighted by Crippen LogP contribution is -2.41. The monoisotopic (exact) mass is 239 g/mol. The van der Waals surface area contributed by atoms with Crippen molar-refractivity contribution in [3.05, 3.63) is 17.5 Å². The van der Waals surface area contributed by atoms with E-state index in [9.17, 15) is 5.11 Å². The number of aliphatic hydroxyl groups excluding tert-OH is 1. The second kappa shape index (κ2) is 6.77. The van der Waals surface area contributed by atoms with Crippen molar-refractivity contribution in [3.63, 3.8) is 0 Å². The van der Waals surface area contributed by atoms with Gasteiger partial charge >= 0.3 is 0 Å². The number of rotatable bonds is 7. The molecule has 2 N–H and O–H groups in total. The van der Waals surface area contributed by atoms with Crippen LogP contribution in [0.1, 0.15) is 39.1 Å². The van der Waals surface area contributed by atoms with E-state index in [1.54, 1.807) is 0 Å². The predicted molar refractivity (Wildman–Crippen MR) is 70.1 cm³/mol. The second-order valence-corrected chi connectivity index (χ2v) is 4.72. The van der Waals surface area contributed by atoms with Crippen molar-refractivity contribution in [3.8, 4) is 0 Å². The summed E-state index contributed by atoms with van der Waals surface area (Å²) in [5.41, 5.74) is 2.37. The van der Waals surface area contributed by atoms with Gasteiger partial charge in [0, 0.05) is 11.7 Å². The number of nitrogens with one attached hydrogen (secondary N) is 1. The molecule has 0 amide bonds. The lowest BCUT2D eigenvalue weighted by Gasteiger charge is -2.20. The quantitative estimate of drug-likeness (QED) is 0.755. The molecule has 0 aromatic carbocycles. The van der Waals surface area contributed by atoms with E-state index in [0.29, 0.717) is 6.04 Å². The van der Waals surface area contributed by atoms with Gasteiger partial charge in [0.2, 0.25) is 0 Å². The summed E-state index contributed by atoms with van der Waals surface area (Å²) in [5.74, 6) is 0. The molecule has 1 heterocycles. The Morgan fingerprint density at radius 1 is 1.35 bits per heavy atom. The third-order valence-electron chi connectivity index (χ3n) is 2.82. The summed E-state index contributed by atoms with van der Waals surface area (Å²) in [6.45, 7) is 9.30. The first kappa shape index (κ1) is 14.2. The summed E-state index contributed by atoms with van der Waals surface area (Å²) >= 11 is 0. The van der Waals surface area contributed by atoms with E-state index in [0.717, 1.165) is 25.1 Å². The molecule has 0 spiro atoms. The highest BCUT2D eigenvalue weighted by Gasteiger charge is 2.12. The molecule has 98 valence electrons. The molecule has 4 nitrogen and oxygen atoms in total. The molecule has 0 fully saturated rings. The third-order valence-corrected chi connectivity index (χ3v) is 2.82. The molecule has 0 aliphatic heterocycles. The molecule has 0 aliphatic rings. The van der Waals surface area contributed by atoms with Crippen LogP contribution in [-0.2, 0) is 19.4 Å². The Balaban J connectivity index is 2.73. The van der Waals surface area contributed by atoms with Crippen LogP contribution in [0, 0.1) is 0 Å². The average Bonchev–Trinajstić information content (AvgIpc) is 2.69. The Morgan fingerprint density at radius 3 is 2.53 bits per heavy atom. The van der Waals surface area contributed by atoms with Gasteiger partial charge in [-0.1, -0.05) is 27.7 Å². The fraction of sp³-hybridized carbons (Fsp3) is 0.769. The fourth-order valence-corrected chi connectivity index (χ4v) is 1.97. The number of hydrogen-bond acceptors (Lipinski definition) is 3. The maximum atomic E-state index is 9.36. The fourth-order valence-electron chi connectivity index (χ4n) is 1.97. The van der Waals surface area contributed by atoms with Crippen LogP contribution in [0.2, 0.25) is 0 Å². The lowest BCUT2D eigenvalue weighted by atomic mass is 10.2. The molecule has 0 aliphatic carbocycles. The molecule has 0 saturated carbocycles. The first-order chi connectivity index (χ1) is 8.10. The van der Waals surface area contributed by atoms with E-state index in [-0.39, 0.29) is 12.6 Å². The SMILES string of the molecule is CCc1cc(CC)n(CC(CO)NC(C)C)n1. The molecule has 0 saturated heterocycles. The highest BCUT2D eigenvalue weighted by Crippen LogP contribution is 2.07. The van der Waals surface area contributed by atoms with Gasteiger partial charge in [-0.3, -0.25) is 4.68 Å². The van der Waals surface area contributed by atoms with Crippen molar-refractivity contribution in [1.82, 2.24) is 15.1 Å². The van der Waals surface area contributed by atoms with Crippen LogP contribution in [0.25, 0.3) is 0 Å². The smallest absolute Gasteiger partial charge is 0.0624 e. The molecular formula is C13H25N3O. The number of nitrogens with zero attached hydrogens (tertiary/aromatic N) is 2. The van der Waals surface area contributed by atoms with Gasteiger partial charge in [0.05, 0.1) is 24.9 Å². The van der Waals surface area contributed by atoms with Crippen molar-refractivity contribution >= 4 is 0 Å². The van der Waals surface area contributed by atoms with Crippen LogP contribution in [0.4, 0.5) is 0 Å². The van der Waals surface area contributed by atoms with Gasteiger partial charge in [-0.25, -0.2) is 0 Å². The van der Waals surface area contributed by atoms with Crippen LogP contribution in [0.3, 0.4) is 0 Å². The standard InChI is InChI=1S/C13H25N3O/c1-5-11-7-13(6-2)16(15-11)8-12(9-17)14-10(3)4/h7,10,12,14,17H,5-6,8-9H2,1-4H3. The summed E-state index contributed by atoms with van der Waals surface area (Å²) in [4.78, 5) is 0. The predicted octanol–water partition coefficient (Wildman–Crippen LogP) is 1.37. The summed E-state index contributed by atoms with van der Waals surface area (Å²) in [5, 5.41) is 17.3. The molecule has 1 atom stereocenters. The third kappa shape index (κ3) is 4.13. The highest BCUT2D eigenvalue weighted by molar-refractivity contribution is 5.10. The highest BCUT2D eigenvalue weighted by atomic mass is 16.3. The van der Waals surface area contributed by atoms with E-state index in [2.05, 4.69) is 44.2 Å². The molecule has 1 rings (SSSR count). The van der Waals surface area contributed by atoms with Crippen molar-refractivity contribution in [2.75, 3.05) is 6.61 Å². The average molecular weight is 239 g/mol. The molecule has 17 heavy (non-hydrogen) atoms. The second-order valence-electron chi connectivity index (χ2n) is 4.72. The van der Waals surface area contributed by atoms with Gasteiger partial charge in [-0.15, -0.1) is 0 Å². The first-order valence-electron chi connectivity index (χ1n) is 6.53. The number of aromatic nitrogens is 2. The maximum absolute atomic E-state index is 9.36. The lowest BCUT2D eigenvalue weighted by molar-refractivity contribution is 0.217. The molecule has 1 aromatic rings. The molecule has 4 heteroatoms. The van der Waals surface area contributed by atoms with Gasteiger partial charge in [0.25, 0.3) is 0 Å². The van der Waals surface area contributed by atoms with Gasteiger partial charge < -0.3 is 10.4 Å². The number of hydrogen-bond donors (Lipinski definition) is 2. The summed E-state index contributed by atoms with van der Waals surface area (Å²) in [6.07, 6.45) is 1.94. The largest absolute Gasteiger partial charge is 0.395 e. The normalized spacial score (nSPS) is 13.3. The molecular weight excluding hydrogens is 214 g/mol. The van der Waals surface area contributed by atoms with Crippen LogP contribution < -0.4 is 5.32 Å². The van der Waals surface area contributed by atoms with Crippen LogP contribution in [0.15, 0.2) is 6.07 Å². The summed E-state index contributed by atoms with van der Waals surface area (Å²) in [7, 11) is 0. The molecule has 1 unspecified atom stereocenters. The molecule has 0 bridgehead atoms. The molecule has 0 radical (unpaired) electrons. The van der Waals surface area contributed by atoms with Crippen molar-refractivity contribution in [1.29, 1.82) is 0 Å². The zero-order valence-corrected chi connectivity index (χ0v) is 11.4. The summed E-state index contributed by atoms with van der Waals surface area (Å²) in [6, 6.07) is 2.60. The van der Waals surface area contributed by atoms with E-state index in [1.165, 1.54) is 5.69 Å². The van der Waals surface area contributed by atoms with Crippen molar-refractivity contribution in [2.45, 2.75) is 59.2 Å². The first-order valence-corrected chi connectivity index (χ1v) is 6.53. The van der Waals surface area contributed by atoms with Gasteiger partial charge in [-0.05, 0) is 18.9 Å². The topological polar surface area (TPSA) is 50.1 Å². The van der Waals surface area contributed by atoms with Gasteiger partial charge in [-0.2, -0.15) is 5.10 Å². The van der Waals surface area contributed by atoms with Gasteiger partial charge in [0.15, 0.2) is 0 Å². The minimum absolute atomic E-state index is 0.0740. The van der Waals surface area contributed by atoms with Gasteiger partial charge in [0.1, 0.15) is 0 Å². The van der Waals surface area contributed by atoms with Crippen LogP contribution >= 0.6 is 0 Å². The number of aliphatic hydroxyl groups is 1. The van der Waals surface area contributed by atoms with E-state index < -0.39 is 0 Å². The van der Waals surface area contributed by atoms with E-state index in [1.807, 2.05) is 4.68 Å². The van der Waals surface area contributed by atoms with Crippen molar-refractivity contribution < 1.29 is 5.11 Å². The Labute approximate surface area is 104 Å². The molecule has 1 aromatic heterocycles. The van der Waals surface area contributed by atoms with E-state index >= 15 is 0 Å².